The van der Waals surface area contributed by atoms with Gasteiger partial charge in [0.25, 0.3) is 5.91 Å². The molecule has 2 heterocycles. The van der Waals surface area contributed by atoms with Gasteiger partial charge in [-0.25, -0.2) is 4.98 Å². The van der Waals surface area contributed by atoms with Gasteiger partial charge in [0, 0.05) is 23.4 Å². The molecule has 136 valence electrons. The Hall–Kier alpha value is -3.34. The van der Waals surface area contributed by atoms with Gasteiger partial charge in [-0.2, -0.15) is 0 Å². The molecule has 4 aromatic rings. The van der Waals surface area contributed by atoms with Crippen molar-refractivity contribution in [1.82, 2.24) is 10.3 Å². The number of aromatic nitrogens is 1. The number of pyridine rings is 1. The number of rotatable bonds is 5. The van der Waals surface area contributed by atoms with Crippen LogP contribution in [0.5, 0.6) is 5.75 Å². The second-order valence-electron chi connectivity index (χ2n) is 6.40. The van der Waals surface area contributed by atoms with E-state index in [9.17, 15) is 4.79 Å². The lowest BCUT2D eigenvalue weighted by molar-refractivity contribution is 0.0925. The summed E-state index contributed by atoms with van der Waals surface area (Å²) in [6, 6.07) is 17.6. The Bertz CT molecular complexity index is 1110. The quantitative estimate of drug-likeness (QED) is 0.570. The maximum Gasteiger partial charge on any atom is 0.287 e. The fourth-order valence-electron chi connectivity index (χ4n) is 3.01. The molecule has 1 N–H and O–H groups in total. The summed E-state index contributed by atoms with van der Waals surface area (Å²) in [7, 11) is 1.62. The first-order valence-corrected chi connectivity index (χ1v) is 8.90. The van der Waals surface area contributed by atoms with Crippen molar-refractivity contribution in [3.8, 4) is 5.75 Å². The number of fused-ring (bicyclic) bond motifs is 2. The van der Waals surface area contributed by atoms with Gasteiger partial charge >= 0.3 is 0 Å². The van der Waals surface area contributed by atoms with E-state index in [2.05, 4.69) is 29.4 Å². The van der Waals surface area contributed by atoms with Crippen molar-refractivity contribution in [2.75, 3.05) is 7.11 Å². The van der Waals surface area contributed by atoms with E-state index in [1.807, 2.05) is 36.4 Å². The standard InChI is InChI=1S/C22H20N2O3/c1-3-14-4-6-15(7-5-14)13-23-21(25)20-11-17-10-16-8-9-18(26-2)12-19(16)24-22(17)27-20/h4-12H,3,13H2,1-2H3,(H,23,25). The molecule has 2 aromatic heterocycles. The molecule has 4 rings (SSSR count). The molecular weight excluding hydrogens is 340 g/mol. The summed E-state index contributed by atoms with van der Waals surface area (Å²) in [5.41, 5.74) is 3.53. The number of carbonyl (C=O) groups is 1. The monoisotopic (exact) mass is 360 g/mol. The van der Waals surface area contributed by atoms with E-state index in [0.29, 0.717) is 12.3 Å². The second kappa shape index (κ2) is 7.11. The Kier molecular flexibility index (Phi) is 4.50. The highest BCUT2D eigenvalue weighted by Gasteiger charge is 2.14. The van der Waals surface area contributed by atoms with Crippen LogP contribution in [0.2, 0.25) is 0 Å². The number of aryl methyl sites for hydroxylation is 1. The third-order valence-corrected chi connectivity index (χ3v) is 4.62. The van der Waals surface area contributed by atoms with Crippen molar-refractivity contribution in [3.63, 3.8) is 0 Å². The predicted molar refractivity (Wildman–Crippen MR) is 105 cm³/mol. The van der Waals surface area contributed by atoms with E-state index in [1.54, 1.807) is 13.2 Å². The smallest absolute Gasteiger partial charge is 0.287 e. The summed E-state index contributed by atoms with van der Waals surface area (Å²) in [6.07, 6.45) is 0.999. The van der Waals surface area contributed by atoms with E-state index >= 15 is 0 Å². The lowest BCUT2D eigenvalue weighted by Gasteiger charge is -2.04. The number of ether oxygens (including phenoxy) is 1. The van der Waals surface area contributed by atoms with Gasteiger partial charge in [0.1, 0.15) is 5.75 Å². The van der Waals surface area contributed by atoms with Gasteiger partial charge in [-0.05, 0) is 41.8 Å². The molecule has 2 aromatic carbocycles. The highest BCUT2D eigenvalue weighted by molar-refractivity contribution is 5.98. The summed E-state index contributed by atoms with van der Waals surface area (Å²) in [6.45, 7) is 2.57. The number of methoxy groups -OCH3 is 1. The minimum Gasteiger partial charge on any atom is -0.497 e. The van der Waals surface area contributed by atoms with E-state index < -0.39 is 0 Å². The molecule has 0 atom stereocenters. The Balaban J connectivity index is 1.55. The van der Waals surface area contributed by atoms with Gasteiger partial charge < -0.3 is 14.5 Å². The highest BCUT2D eigenvalue weighted by Crippen LogP contribution is 2.25. The number of furan rings is 1. The van der Waals surface area contributed by atoms with Crippen LogP contribution in [0, 0.1) is 0 Å². The minimum atomic E-state index is -0.255. The molecule has 0 saturated carbocycles. The van der Waals surface area contributed by atoms with Gasteiger partial charge in [-0.3, -0.25) is 4.79 Å². The SMILES string of the molecule is CCc1ccc(CNC(=O)c2cc3cc4ccc(OC)cc4nc3o2)cc1. The third kappa shape index (κ3) is 3.49. The molecule has 0 fully saturated rings. The zero-order valence-corrected chi connectivity index (χ0v) is 15.3. The van der Waals surface area contributed by atoms with Gasteiger partial charge in [0.2, 0.25) is 5.71 Å². The van der Waals surface area contributed by atoms with Crippen LogP contribution in [0.4, 0.5) is 0 Å². The Labute approximate surface area is 157 Å². The average Bonchev–Trinajstić information content (AvgIpc) is 3.13. The van der Waals surface area contributed by atoms with Crippen LogP contribution in [0.1, 0.15) is 28.6 Å². The number of carbonyl (C=O) groups excluding carboxylic acids is 1. The highest BCUT2D eigenvalue weighted by atomic mass is 16.5. The van der Waals surface area contributed by atoms with Crippen molar-refractivity contribution in [1.29, 1.82) is 0 Å². The summed E-state index contributed by atoms with van der Waals surface area (Å²) >= 11 is 0. The average molecular weight is 360 g/mol. The third-order valence-electron chi connectivity index (χ3n) is 4.62. The van der Waals surface area contributed by atoms with E-state index in [0.717, 1.165) is 34.0 Å². The molecule has 0 aliphatic heterocycles. The van der Waals surface area contributed by atoms with E-state index in [4.69, 9.17) is 9.15 Å². The van der Waals surface area contributed by atoms with Crippen LogP contribution in [0.25, 0.3) is 22.0 Å². The van der Waals surface area contributed by atoms with Crippen molar-refractivity contribution >= 4 is 27.9 Å². The van der Waals surface area contributed by atoms with Crippen LogP contribution in [0.15, 0.2) is 59.0 Å². The molecule has 0 aliphatic rings. The van der Waals surface area contributed by atoms with Crippen LogP contribution in [-0.4, -0.2) is 18.0 Å². The molecule has 0 unspecified atom stereocenters. The van der Waals surface area contributed by atoms with Crippen molar-refractivity contribution in [3.05, 3.63) is 71.5 Å². The van der Waals surface area contributed by atoms with Crippen molar-refractivity contribution < 1.29 is 13.9 Å². The Morgan fingerprint density at radius 1 is 1.04 bits per heavy atom. The summed E-state index contributed by atoms with van der Waals surface area (Å²) in [5.74, 6) is 0.729. The first kappa shape index (κ1) is 17.1. The fraction of sp³-hybridized carbons (Fsp3) is 0.182. The van der Waals surface area contributed by atoms with Crippen molar-refractivity contribution in [2.24, 2.45) is 0 Å². The van der Waals surface area contributed by atoms with Crippen LogP contribution < -0.4 is 10.1 Å². The maximum absolute atomic E-state index is 12.5. The van der Waals surface area contributed by atoms with E-state index in [1.165, 1.54) is 5.56 Å². The minimum absolute atomic E-state index is 0.255. The lowest BCUT2D eigenvalue weighted by atomic mass is 10.1. The number of hydrogen-bond donors (Lipinski definition) is 1. The first-order chi connectivity index (χ1) is 13.2. The van der Waals surface area contributed by atoms with Gasteiger partial charge in [-0.1, -0.05) is 31.2 Å². The van der Waals surface area contributed by atoms with Gasteiger partial charge in [-0.15, -0.1) is 0 Å². The number of nitrogens with one attached hydrogen (secondary N) is 1. The topological polar surface area (TPSA) is 64.4 Å². The molecule has 5 heteroatoms. The summed E-state index contributed by atoms with van der Waals surface area (Å²) in [4.78, 5) is 17.0. The molecule has 5 nitrogen and oxygen atoms in total. The Morgan fingerprint density at radius 2 is 1.81 bits per heavy atom. The maximum atomic E-state index is 12.5. The van der Waals surface area contributed by atoms with Gasteiger partial charge in [0.05, 0.1) is 12.6 Å². The number of nitrogens with zero attached hydrogens (tertiary/aromatic N) is 1. The van der Waals surface area contributed by atoms with Crippen LogP contribution >= 0.6 is 0 Å². The molecule has 27 heavy (non-hydrogen) atoms. The number of hydrogen-bond acceptors (Lipinski definition) is 4. The van der Waals surface area contributed by atoms with Crippen molar-refractivity contribution in [2.45, 2.75) is 19.9 Å². The molecule has 0 spiro atoms. The summed E-state index contributed by atoms with van der Waals surface area (Å²) < 4.78 is 10.9. The fourth-order valence-corrected chi connectivity index (χ4v) is 3.01. The molecule has 0 saturated heterocycles. The predicted octanol–water partition coefficient (Wildman–Crippen LogP) is 4.48. The Morgan fingerprint density at radius 3 is 2.56 bits per heavy atom. The largest absolute Gasteiger partial charge is 0.497 e. The summed E-state index contributed by atoms with van der Waals surface area (Å²) in [5, 5.41) is 4.65. The molecular formula is C22H20N2O3. The normalized spacial score (nSPS) is 11.0. The zero-order valence-electron chi connectivity index (χ0n) is 15.3. The molecule has 0 bridgehead atoms. The zero-order chi connectivity index (χ0) is 18.8. The van der Waals surface area contributed by atoms with Crippen LogP contribution in [-0.2, 0) is 13.0 Å². The molecule has 1 amide bonds. The first-order valence-electron chi connectivity index (χ1n) is 8.90. The molecule has 0 aliphatic carbocycles. The lowest BCUT2D eigenvalue weighted by Crippen LogP contribution is -2.22. The van der Waals surface area contributed by atoms with Crippen LogP contribution in [0.3, 0.4) is 0 Å². The van der Waals surface area contributed by atoms with Gasteiger partial charge in [0.15, 0.2) is 5.76 Å². The van der Waals surface area contributed by atoms with E-state index in [-0.39, 0.29) is 11.7 Å². The second-order valence-corrected chi connectivity index (χ2v) is 6.40. The number of amides is 1. The molecule has 0 radical (unpaired) electrons. The number of benzene rings is 2.